The number of nitro benzene ring substituents is 1. The first-order valence-corrected chi connectivity index (χ1v) is 5.15. The van der Waals surface area contributed by atoms with Crippen LogP contribution in [0.15, 0.2) is 36.4 Å². The van der Waals surface area contributed by atoms with Gasteiger partial charge in [-0.15, -0.1) is 0 Å². The summed E-state index contributed by atoms with van der Waals surface area (Å²) in [5.41, 5.74) is 1.97. The van der Waals surface area contributed by atoms with E-state index in [4.69, 9.17) is 10.6 Å². The lowest BCUT2D eigenvalue weighted by Gasteiger charge is -2.06. The maximum Gasteiger partial charge on any atom is 0.272 e. The van der Waals surface area contributed by atoms with E-state index in [2.05, 4.69) is 10.4 Å². The fraction of sp³-hybridized carbons (Fsp3) is 0. The number of aromatic nitrogens is 1. The molecule has 0 bridgehead atoms. The molecule has 1 aromatic heterocycles. The molecule has 1 aromatic carbocycles. The number of nitrogens with two attached hydrogens (primary N) is 1. The molecule has 0 fully saturated rings. The Morgan fingerprint density at radius 2 is 2.16 bits per heavy atom. The van der Waals surface area contributed by atoms with Crippen LogP contribution in [-0.2, 0) is 0 Å². The third kappa shape index (κ3) is 2.93. The number of hydrogen-bond acceptors (Lipinski definition) is 6. The summed E-state index contributed by atoms with van der Waals surface area (Å²) in [7, 11) is 0. The van der Waals surface area contributed by atoms with Gasteiger partial charge in [-0.1, -0.05) is 6.07 Å². The summed E-state index contributed by atoms with van der Waals surface area (Å²) < 4.78 is 18.8. The number of rotatable bonds is 4. The molecule has 0 radical (unpaired) electrons. The number of pyridine rings is 1. The lowest BCUT2D eigenvalue weighted by atomic mass is 10.3. The number of hydrogen-bond donors (Lipinski definition) is 2. The van der Waals surface area contributed by atoms with Crippen molar-refractivity contribution >= 4 is 11.5 Å². The molecular weight excluding hydrogens is 255 g/mol. The molecule has 0 unspecified atom stereocenters. The van der Waals surface area contributed by atoms with Crippen LogP contribution in [0.1, 0.15) is 0 Å². The molecule has 0 saturated heterocycles. The van der Waals surface area contributed by atoms with Crippen molar-refractivity contribution in [2.45, 2.75) is 0 Å². The van der Waals surface area contributed by atoms with Gasteiger partial charge in [0.2, 0.25) is 5.88 Å². The van der Waals surface area contributed by atoms with Crippen molar-refractivity contribution < 1.29 is 14.1 Å². The van der Waals surface area contributed by atoms with Gasteiger partial charge in [-0.3, -0.25) is 10.1 Å². The molecule has 0 atom stereocenters. The average Bonchev–Trinajstić information content (AvgIpc) is 2.41. The Morgan fingerprint density at radius 1 is 1.37 bits per heavy atom. The molecule has 1 heterocycles. The van der Waals surface area contributed by atoms with Gasteiger partial charge in [0.1, 0.15) is 5.82 Å². The second kappa shape index (κ2) is 5.27. The van der Waals surface area contributed by atoms with Crippen LogP contribution >= 0.6 is 0 Å². The van der Waals surface area contributed by atoms with Crippen LogP contribution in [0.25, 0.3) is 0 Å². The van der Waals surface area contributed by atoms with Crippen LogP contribution < -0.4 is 16.0 Å². The van der Waals surface area contributed by atoms with Crippen LogP contribution in [-0.4, -0.2) is 9.91 Å². The number of nitrogens with one attached hydrogen (secondary N) is 1. The maximum absolute atomic E-state index is 13.6. The van der Waals surface area contributed by atoms with E-state index in [9.17, 15) is 14.5 Å². The minimum atomic E-state index is -0.845. The van der Waals surface area contributed by atoms with Crippen LogP contribution in [0.5, 0.6) is 11.6 Å². The zero-order valence-corrected chi connectivity index (χ0v) is 9.54. The van der Waals surface area contributed by atoms with Gasteiger partial charge in [0.15, 0.2) is 11.6 Å². The average molecular weight is 264 g/mol. The Bertz CT molecular complexity index is 621. The van der Waals surface area contributed by atoms with Crippen molar-refractivity contribution in [2.75, 3.05) is 5.43 Å². The Labute approximate surface area is 107 Å². The van der Waals surface area contributed by atoms with Crippen LogP contribution in [0.3, 0.4) is 0 Å². The Hall–Kier alpha value is -2.74. The largest absolute Gasteiger partial charge is 0.436 e. The molecule has 0 saturated carbocycles. The van der Waals surface area contributed by atoms with Crippen molar-refractivity contribution in [3.63, 3.8) is 0 Å². The number of non-ortho nitro benzene ring substituents is 1. The molecule has 0 aliphatic heterocycles. The third-order valence-electron chi connectivity index (χ3n) is 2.21. The highest BCUT2D eigenvalue weighted by Gasteiger charge is 2.12. The molecule has 0 spiro atoms. The first-order chi connectivity index (χ1) is 9.10. The molecule has 8 heteroatoms. The fourth-order valence-corrected chi connectivity index (χ4v) is 1.35. The van der Waals surface area contributed by atoms with Crippen molar-refractivity contribution in [2.24, 2.45) is 5.84 Å². The lowest BCUT2D eigenvalue weighted by Crippen LogP contribution is -2.08. The van der Waals surface area contributed by atoms with E-state index in [0.717, 1.165) is 18.2 Å². The minimum absolute atomic E-state index is 0.114. The number of benzene rings is 1. The summed E-state index contributed by atoms with van der Waals surface area (Å²) in [6.07, 6.45) is 0. The predicted octanol–water partition coefficient (Wildman–Crippen LogP) is 2.21. The van der Waals surface area contributed by atoms with E-state index in [1.165, 1.54) is 6.07 Å². The Balaban J connectivity index is 2.25. The number of nitrogens with zero attached hydrogens (tertiary/aromatic N) is 2. The van der Waals surface area contributed by atoms with E-state index in [1.54, 1.807) is 12.1 Å². The first-order valence-electron chi connectivity index (χ1n) is 5.15. The van der Waals surface area contributed by atoms with Crippen LogP contribution in [0.2, 0.25) is 0 Å². The quantitative estimate of drug-likeness (QED) is 0.498. The number of nitrogen functional groups attached to an aromatic ring is 1. The summed E-state index contributed by atoms with van der Waals surface area (Å²) >= 11 is 0. The smallest absolute Gasteiger partial charge is 0.272 e. The van der Waals surface area contributed by atoms with Gasteiger partial charge in [0, 0.05) is 12.1 Å². The van der Waals surface area contributed by atoms with Crippen LogP contribution in [0.4, 0.5) is 15.9 Å². The van der Waals surface area contributed by atoms with Crippen LogP contribution in [0, 0.1) is 15.9 Å². The van der Waals surface area contributed by atoms with Gasteiger partial charge in [-0.25, -0.2) is 10.2 Å². The SMILES string of the molecule is NNc1cccc(Oc2ccc([N+](=O)[O-])cc2F)n1. The normalized spacial score (nSPS) is 10.0. The number of ether oxygens (including phenoxy) is 1. The highest BCUT2D eigenvalue weighted by molar-refractivity contribution is 5.41. The molecule has 0 aliphatic carbocycles. The topological polar surface area (TPSA) is 103 Å². The number of halogens is 1. The van der Waals surface area contributed by atoms with Crippen molar-refractivity contribution in [3.05, 3.63) is 52.3 Å². The van der Waals surface area contributed by atoms with E-state index in [0.29, 0.717) is 5.82 Å². The summed E-state index contributed by atoms with van der Waals surface area (Å²) in [6, 6.07) is 7.79. The van der Waals surface area contributed by atoms with Crippen molar-refractivity contribution in [1.82, 2.24) is 4.98 Å². The maximum atomic E-state index is 13.6. The summed E-state index contributed by atoms with van der Waals surface area (Å²) in [4.78, 5) is 13.7. The molecule has 2 aromatic rings. The lowest BCUT2D eigenvalue weighted by molar-refractivity contribution is -0.385. The summed E-state index contributed by atoms with van der Waals surface area (Å²) in [5.74, 6) is 4.63. The third-order valence-corrected chi connectivity index (χ3v) is 2.21. The molecular formula is C11H9FN4O3. The standard InChI is InChI=1S/C11H9FN4O3/c12-8-6-7(16(17)18)4-5-9(8)19-11-3-1-2-10(14-11)15-13/h1-6H,13H2,(H,14,15). The van der Waals surface area contributed by atoms with Crippen molar-refractivity contribution in [3.8, 4) is 11.6 Å². The molecule has 2 rings (SSSR count). The second-order valence-corrected chi connectivity index (χ2v) is 3.48. The molecule has 98 valence electrons. The van der Waals surface area contributed by atoms with Gasteiger partial charge in [0.05, 0.1) is 11.0 Å². The van der Waals surface area contributed by atoms with Gasteiger partial charge in [-0.05, 0) is 12.1 Å². The first kappa shape index (κ1) is 12.7. The highest BCUT2D eigenvalue weighted by Crippen LogP contribution is 2.26. The molecule has 19 heavy (non-hydrogen) atoms. The predicted molar refractivity (Wildman–Crippen MR) is 65.2 cm³/mol. The minimum Gasteiger partial charge on any atom is -0.436 e. The fourth-order valence-electron chi connectivity index (χ4n) is 1.35. The Kier molecular flexibility index (Phi) is 3.53. The van der Waals surface area contributed by atoms with Crippen molar-refractivity contribution in [1.29, 1.82) is 0 Å². The zero-order chi connectivity index (χ0) is 13.8. The summed E-state index contributed by atoms with van der Waals surface area (Å²) in [6.45, 7) is 0. The highest BCUT2D eigenvalue weighted by atomic mass is 19.1. The van der Waals surface area contributed by atoms with E-state index < -0.39 is 10.7 Å². The van der Waals surface area contributed by atoms with Gasteiger partial charge >= 0.3 is 0 Å². The van der Waals surface area contributed by atoms with E-state index >= 15 is 0 Å². The van der Waals surface area contributed by atoms with Gasteiger partial charge in [0.25, 0.3) is 5.69 Å². The van der Waals surface area contributed by atoms with E-state index in [1.807, 2.05) is 0 Å². The van der Waals surface area contributed by atoms with E-state index in [-0.39, 0.29) is 17.3 Å². The Morgan fingerprint density at radius 3 is 2.79 bits per heavy atom. The molecule has 0 amide bonds. The molecule has 0 aliphatic rings. The number of hydrazine groups is 1. The number of nitro groups is 1. The number of anilines is 1. The molecule has 3 N–H and O–H groups in total. The monoisotopic (exact) mass is 264 g/mol. The second-order valence-electron chi connectivity index (χ2n) is 3.48. The van der Waals surface area contributed by atoms with Gasteiger partial charge < -0.3 is 10.2 Å². The van der Waals surface area contributed by atoms with Gasteiger partial charge in [-0.2, -0.15) is 4.98 Å². The zero-order valence-electron chi connectivity index (χ0n) is 9.54. The molecule has 7 nitrogen and oxygen atoms in total. The summed E-state index contributed by atoms with van der Waals surface area (Å²) in [5, 5.41) is 10.5.